The summed E-state index contributed by atoms with van der Waals surface area (Å²) in [5.74, 6) is 1.45. The summed E-state index contributed by atoms with van der Waals surface area (Å²) < 4.78 is 28.8. The van der Waals surface area contributed by atoms with E-state index in [1.165, 1.54) is 0 Å². The molecule has 0 aliphatic heterocycles. The maximum absolute atomic E-state index is 11.6. The Labute approximate surface area is 107 Å². The highest BCUT2D eigenvalue weighted by Crippen LogP contribution is 2.22. The van der Waals surface area contributed by atoms with Gasteiger partial charge < -0.3 is 4.74 Å². The van der Waals surface area contributed by atoms with Gasteiger partial charge in [-0.2, -0.15) is 0 Å². The summed E-state index contributed by atoms with van der Waals surface area (Å²) in [6.45, 7) is 1.63. The topological polar surface area (TPSA) is 43.4 Å². The lowest BCUT2D eigenvalue weighted by atomic mass is 10.3. The Bertz CT molecular complexity index is 601. The van der Waals surface area contributed by atoms with Crippen LogP contribution in [0, 0.1) is 0 Å². The van der Waals surface area contributed by atoms with Crippen molar-refractivity contribution in [2.24, 2.45) is 0 Å². The van der Waals surface area contributed by atoms with E-state index in [0.717, 1.165) is 5.75 Å². The molecule has 4 heteroatoms. The molecule has 94 valence electrons. The van der Waals surface area contributed by atoms with E-state index >= 15 is 0 Å². The van der Waals surface area contributed by atoms with Crippen LogP contribution in [0.4, 0.5) is 0 Å². The van der Waals surface area contributed by atoms with Gasteiger partial charge in [-0.3, -0.25) is 0 Å². The molecular formula is C14H14O3S. The molecule has 0 radical (unpaired) electrons. The van der Waals surface area contributed by atoms with Crippen molar-refractivity contribution in [3.05, 3.63) is 54.6 Å². The normalized spacial score (nSPS) is 11.2. The Morgan fingerprint density at radius 3 is 2.00 bits per heavy atom. The predicted molar refractivity (Wildman–Crippen MR) is 70.7 cm³/mol. The van der Waals surface area contributed by atoms with Crippen LogP contribution < -0.4 is 4.74 Å². The van der Waals surface area contributed by atoms with E-state index in [2.05, 4.69) is 0 Å². The molecule has 0 amide bonds. The fourth-order valence-corrected chi connectivity index (χ4v) is 2.39. The first-order valence-electron chi connectivity index (χ1n) is 5.67. The van der Waals surface area contributed by atoms with Crippen molar-refractivity contribution in [3.8, 4) is 11.5 Å². The molecule has 0 heterocycles. The Morgan fingerprint density at radius 2 is 1.44 bits per heavy atom. The van der Waals surface area contributed by atoms with Gasteiger partial charge in [-0.15, -0.1) is 0 Å². The fourth-order valence-electron chi connectivity index (χ4n) is 1.51. The van der Waals surface area contributed by atoms with Crippen molar-refractivity contribution < 1.29 is 13.2 Å². The van der Waals surface area contributed by atoms with Crippen LogP contribution in [0.2, 0.25) is 0 Å². The molecule has 0 spiro atoms. The fraction of sp³-hybridized carbons (Fsp3) is 0.143. The van der Waals surface area contributed by atoms with Crippen LogP contribution in [0.15, 0.2) is 59.5 Å². The van der Waals surface area contributed by atoms with Gasteiger partial charge in [-0.25, -0.2) is 8.42 Å². The molecule has 0 aliphatic rings. The third-order valence-corrected chi connectivity index (χ3v) is 4.29. The summed E-state index contributed by atoms with van der Waals surface area (Å²) in [5, 5.41) is 0. The van der Waals surface area contributed by atoms with E-state index in [9.17, 15) is 8.42 Å². The monoisotopic (exact) mass is 262 g/mol. The van der Waals surface area contributed by atoms with Gasteiger partial charge in [0.25, 0.3) is 0 Å². The van der Waals surface area contributed by atoms with Gasteiger partial charge in [-0.05, 0) is 36.4 Å². The van der Waals surface area contributed by atoms with Gasteiger partial charge in [0.1, 0.15) is 11.5 Å². The molecule has 0 saturated carbocycles. The Morgan fingerprint density at radius 1 is 0.889 bits per heavy atom. The van der Waals surface area contributed by atoms with Crippen LogP contribution >= 0.6 is 0 Å². The number of ether oxygens (including phenoxy) is 1. The van der Waals surface area contributed by atoms with E-state index in [1.54, 1.807) is 31.2 Å². The van der Waals surface area contributed by atoms with Crippen LogP contribution in [-0.2, 0) is 9.84 Å². The lowest BCUT2D eigenvalue weighted by Crippen LogP contribution is -2.03. The number of hydrogen-bond donors (Lipinski definition) is 0. The van der Waals surface area contributed by atoms with Gasteiger partial charge in [-0.1, -0.05) is 25.1 Å². The van der Waals surface area contributed by atoms with Crippen molar-refractivity contribution >= 4 is 9.84 Å². The third kappa shape index (κ3) is 2.90. The van der Waals surface area contributed by atoms with Crippen molar-refractivity contribution in [2.75, 3.05) is 5.75 Å². The van der Waals surface area contributed by atoms with Crippen LogP contribution in [0.5, 0.6) is 11.5 Å². The average Bonchev–Trinajstić information content (AvgIpc) is 2.40. The van der Waals surface area contributed by atoms with Crippen LogP contribution in [0.1, 0.15) is 6.92 Å². The SMILES string of the molecule is CCS(=O)(=O)c1ccc(Oc2ccccc2)cc1. The lowest BCUT2D eigenvalue weighted by molar-refractivity contribution is 0.482. The first-order chi connectivity index (χ1) is 8.62. The Kier molecular flexibility index (Phi) is 3.67. The summed E-state index contributed by atoms with van der Waals surface area (Å²) in [6, 6.07) is 15.8. The molecule has 0 saturated heterocycles. The standard InChI is InChI=1S/C14H14O3S/c1-2-18(15,16)14-10-8-13(9-11-14)17-12-6-4-3-5-7-12/h3-11H,2H2,1H3. The maximum atomic E-state index is 11.6. The molecule has 2 rings (SSSR count). The minimum absolute atomic E-state index is 0.103. The minimum atomic E-state index is -3.14. The molecule has 0 N–H and O–H groups in total. The first-order valence-corrected chi connectivity index (χ1v) is 7.33. The zero-order valence-corrected chi connectivity index (χ0v) is 10.9. The van der Waals surface area contributed by atoms with E-state index in [0.29, 0.717) is 10.6 Å². The number of hydrogen-bond acceptors (Lipinski definition) is 3. The zero-order valence-electron chi connectivity index (χ0n) is 10.0. The second kappa shape index (κ2) is 5.23. The van der Waals surface area contributed by atoms with E-state index < -0.39 is 9.84 Å². The number of para-hydroxylation sites is 1. The van der Waals surface area contributed by atoms with Crippen LogP contribution in [0.25, 0.3) is 0 Å². The molecule has 18 heavy (non-hydrogen) atoms. The van der Waals surface area contributed by atoms with Gasteiger partial charge in [0.2, 0.25) is 0 Å². The average molecular weight is 262 g/mol. The highest BCUT2D eigenvalue weighted by molar-refractivity contribution is 7.91. The second-order valence-electron chi connectivity index (χ2n) is 3.79. The summed E-state index contributed by atoms with van der Waals surface area (Å²) in [7, 11) is -3.14. The second-order valence-corrected chi connectivity index (χ2v) is 6.07. The zero-order chi connectivity index (χ0) is 13.0. The van der Waals surface area contributed by atoms with Gasteiger partial charge in [0, 0.05) is 0 Å². The lowest BCUT2D eigenvalue weighted by Gasteiger charge is -2.06. The van der Waals surface area contributed by atoms with E-state index in [4.69, 9.17) is 4.74 Å². The minimum Gasteiger partial charge on any atom is -0.457 e. The molecule has 0 bridgehead atoms. The van der Waals surface area contributed by atoms with E-state index in [1.807, 2.05) is 30.3 Å². The van der Waals surface area contributed by atoms with E-state index in [-0.39, 0.29) is 5.75 Å². The summed E-state index contributed by atoms with van der Waals surface area (Å²) >= 11 is 0. The summed E-state index contributed by atoms with van der Waals surface area (Å²) in [4.78, 5) is 0.324. The quantitative estimate of drug-likeness (QED) is 0.849. The van der Waals surface area contributed by atoms with Crippen LogP contribution in [-0.4, -0.2) is 14.2 Å². The van der Waals surface area contributed by atoms with Gasteiger partial charge in [0.05, 0.1) is 10.6 Å². The van der Waals surface area contributed by atoms with Crippen molar-refractivity contribution in [2.45, 2.75) is 11.8 Å². The smallest absolute Gasteiger partial charge is 0.178 e. The van der Waals surface area contributed by atoms with Crippen LogP contribution in [0.3, 0.4) is 0 Å². The highest BCUT2D eigenvalue weighted by atomic mass is 32.2. The van der Waals surface area contributed by atoms with Crippen molar-refractivity contribution in [1.29, 1.82) is 0 Å². The van der Waals surface area contributed by atoms with Crippen molar-refractivity contribution in [3.63, 3.8) is 0 Å². The Balaban J connectivity index is 2.19. The van der Waals surface area contributed by atoms with Crippen molar-refractivity contribution in [1.82, 2.24) is 0 Å². The molecule has 2 aromatic rings. The number of sulfone groups is 1. The Hall–Kier alpha value is -1.81. The molecule has 3 nitrogen and oxygen atoms in total. The summed E-state index contributed by atoms with van der Waals surface area (Å²) in [5.41, 5.74) is 0. The molecule has 0 aromatic heterocycles. The number of rotatable bonds is 4. The largest absolute Gasteiger partial charge is 0.457 e. The maximum Gasteiger partial charge on any atom is 0.178 e. The molecule has 2 aromatic carbocycles. The number of benzene rings is 2. The summed E-state index contributed by atoms with van der Waals surface area (Å²) in [6.07, 6.45) is 0. The predicted octanol–water partition coefficient (Wildman–Crippen LogP) is 3.27. The third-order valence-electron chi connectivity index (χ3n) is 2.54. The molecule has 0 aliphatic carbocycles. The molecule has 0 fully saturated rings. The molecular weight excluding hydrogens is 248 g/mol. The molecule has 0 atom stereocenters. The molecule has 0 unspecified atom stereocenters. The van der Waals surface area contributed by atoms with Gasteiger partial charge in [0.15, 0.2) is 9.84 Å². The van der Waals surface area contributed by atoms with Gasteiger partial charge >= 0.3 is 0 Å². The first kappa shape index (κ1) is 12.6. The highest BCUT2D eigenvalue weighted by Gasteiger charge is 2.10.